The van der Waals surface area contributed by atoms with Crippen LogP contribution in [0.25, 0.3) is 0 Å². The molecule has 2 aliphatic rings. The van der Waals surface area contributed by atoms with Crippen molar-refractivity contribution in [2.24, 2.45) is 0 Å². The fourth-order valence-electron chi connectivity index (χ4n) is 3.02. The van der Waals surface area contributed by atoms with Crippen LogP contribution in [0, 0.1) is 0 Å². The second-order valence-electron chi connectivity index (χ2n) is 5.72. The Labute approximate surface area is 126 Å². The maximum Gasteiger partial charge on any atom is 0.324 e. The molecule has 2 N–H and O–H groups in total. The van der Waals surface area contributed by atoms with Crippen molar-refractivity contribution >= 4 is 16.2 Å². The molecular weight excluding hydrogens is 294 g/mol. The molecule has 0 amide bonds. The normalized spacial score (nSPS) is 31.2. The van der Waals surface area contributed by atoms with E-state index in [0.29, 0.717) is 25.4 Å². The Balaban J connectivity index is 2.02. The van der Waals surface area contributed by atoms with Gasteiger partial charge in [0.25, 0.3) is 10.2 Å². The fraction of sp³-hybridized carbons (Fsp3) is 0.923. The Morgan fingerprint density at radius 1 is 1.43 bits per heavy atom. The molecule has 0 spiro atoms. The zero-order chi connectivity index (χ0) is 15.5. The third kappa shape index (κ3) is 4.15. The number of carbonyl (C=O) groups is 1. The van der Waals surface area contributed by atoms with Gasteiger partial charge in [0.1, 0.15) is 6.04 Å². The standard InChI is InChI=1S/C13H25N3O4S/c1-3-20-13(17)12-5-4-8-16(12)21(18,19)15-11-6-7-14-10(2)9-11/h10-12,14-15H,3-9H2,1-2H3. The van der Waals surface area contributed by atoms with Gasteiger partial charge in [0.05, 0.1) is 6.61 Å². The van der Waals surface area contributed by atoms with Crippen molar-refractivity contribution in [1.29, 1.82) is 0 Å². The van der Waals surface area contributed by atoms with Crippen molar-refractivity contribution in [3.8, 4) is 0 Å². The van der Waals surface area contributed by atoms with Gasteiger partial charge in [0, 0.05) is 18.6 Å². The number of ether oxygens (including phenoxy) is 1. The van der Waals surface area contributed by atoms with Crippen LogP contribution in [0.5, 0.6) is 0 Å². The summed E-state index contributed by atoms with van der Waals surface area (Å²) in [7, 11) is -3.64. The Bertz CT molecular complexity index is 468. The highest BCUT2D eigenvalue weighted by molar-refractivity contribution is 7.87. The van der Waals surface area contributed by atoms with Gasteiger partial charge in [-0.15, -0.1) is 0 Å². The lowest BCUT2D eigenvalue weighted by Gasteiger charge is -2.31. The predicted molar refractivity (Wildman–Crippen MR) is 78.9 cm³/mol. The molecule has 2 saturated heterocycles. The molecule has 0 aliphatic carbocycles. The molecule has 2 fully saturated rings. The Hall–Kier alpha value is -0.700. The van der Waals surface area contributed by atoms with Crippen LogP contribution in [0.1, 0.15) is 39.5 Å². The van der Waals surface area contributed by atoms with E-state index in [1.807, 2.05) is 6.92 Å². The van der Waals surface area contributed by atoms with Crippen LogP contribution in [0.2, 0.25) is 0 Å². The van der Waals surface area contributed by atoms with Crippen LogP contribution in [-0.2, 0) is 19.7 Å². The van der Waals surface area contributed by atoms with E-state index in [2.05, 4.69) is 10.0 Å². The molecule has 2 heterocycles. The van der Waals surface area contributed by atoms with E-state index in [9.17, 15) is 13.2 Å². The molecule has 21 heavy (non-hydrogen) atoms. The Kier molecular flexibility index (Phi) is 5.59. The van der Waals surface area contributed by atoms with E-state index >= 15 is 0 Å². The minimum absolute atomic E-state index is 0.0744. The summed E-state index contributed by atoms with van der Waals surface area (Å²) in [6.45, 7) is 5.20. The molecule has 8 heteroatoms. The molecule has 0 saturated carbocycles. The highest BCUT2D eigenvalue weighted by Crippen LogP contribution is 2.22. The van der Waals surface area contributed by atoms with Crippen LogP contribution in [0.4, 0.5) is 0 Å². The number of carbonyl (C=O) groups excluding carboxylic acids is 1. The second-order valence-corrected chi connectivity index (χ2v) is 7.38. The van der Waals surface area contributed by atoms with Crippen molar-refractivity contribution in [3.05, 3.63) is 0 Å². The van der Waals surface area contributed by atoms with Crippen molar-refractivity contribution in [1.82, 2.24) is 14.3 Å². The SMILES string of the molecule is CCOC(=O)C1CCCN1S(=O)(=O)NC1CCNC(C)C1. The van der Waals surface area contributed by atoms with Crippen molar-refractivity contribution in [2.45, 2.75) is 57.7 Å². The van der Waals surface area contributed by atoms with Gasteiger partial charge in [-0.05, 0) is 46.1 Å². The maximum absolute atomic E-state index is 12.5. The highest BCUT2D eigenvalue weighted by atomic mass is 32.2. The summed E-state index contributed by atoms with van der Waals surface area (Å²) in [5.41, 5.74) is 0. The monoisotopic (exact) mass is 319 g/mol. The third-order valence-corrected chi connectivity index (χ3v) is 5.70. The molecule has 122 valence electrons. The van der Waals surface area contributed by atoms with Crippen LogP contribution in [-0.4, -0.2) is 56.5 Å². The van der Waals surface area contributed by atoms with E-state index in [-0.39, 0.29) is 12.6 Å². The lowest BCUT2D eigenvalue weighted by atomic mass is 10.0. The Morgan fingerprint density at radius 3 is 2.86 bits per heavy atom. The lowest BCUT2D eigenvalue weighted by Crippen LogP contribution is -2.53. The molecule has 2 aliphatic heterocycles. The quantitative estimate of drug-likeness (QED) is 0.696. The molecular formula is C13H25N3O4S. The zero-order valence-electron chi connectivity index (χ0n) is 12.7. The van der Waals surface area contributed by atoms with Gasteiger partial charge in [0.2, 0.25) is 0 Å². The van der Waals surface area contributed by atoms with E-state index in [1.165, 1.54) is 4.31 Å². The minimum Gasteiger partial charge on any atom is -0.465 e. The fourth-order valence-corrected chi connectivity index (χ4v) is 4.69. The number of nitrogens with zero attached hydrogens (tertiary/aromatic N) is 1. The number of piperidine rings is 1. The van der Waals surface area contributed by atoms with Crippen LogP contribution < -0.4 is 10.0 Å². The molecule has 0 aromatic heterocycles. The first-order chi connectivity index (χ1) is 9.94. The van der Waals surface area contributed by atoms with Crippen molar-refractivity contribution in [2.75, 3.05) is 19.7 Å². The topological polar surface area (TPSA) is 87.7 Å². The summed E-state index contributed by atoms with van der Waals surface area (Å²) in [6, 6.07) is -0.456. The molecule has 3 atom stereocenters. The van der Waals surface area contributed by atoms with E-state index in [0.717, 1.165) is 19.4 Å². The maximum atomic E-state index is 12.5. The van der Waals surface area contributed by atoms with E-state index in [1.54, 1.807) is 6.92 Å². The van der Waals surface area contributed by atoms with E-state index in [4.69, 9.17) is 4.74 Å². The van der Waals surface area contributed by atoms with Gasteiger partial charge in [-0.3, -0.25) is 4.79 Å². The number of hydrogen-bond acceptors (Lipinski definition) is 5. The van der Waals surface area contributed by atoms with Gasteiger partial charge in [-0.25, -0.2) is 0 Å². The second kappa shape index (κ2) is 7.04. The molecule has 7 nitrogen and oxygen atoms in total. The number of esters is 1. The average Bonchev–Trinajstić information content (AvgIpc) is 2.88. The first-order valence-electron chi connectivity index (χ1n) is 7.63. The Morgan fingerprint density at radius 2 is 2.19 bits per heavy atom. The van der Waals surface area contributed by atoms with Gasteiger partial charge in [-0.1, -0.05) is 0 Å². The highest BCUT2D eigenvalue weighted by Gasteiger charge is 2.40. The van der Waals surface area contributed by atoms with Gasteiger partial charge < -0.3 is 10.1 Å². The summed E-state index contributed by atoms with van der Waals surface area (Å²) in [6.07, 6.45) is 2.74. The molecule has 0 radical (unpaired) electrons. The molecule has 0 aromatic carbocycles. The van der Waals surface area contributed by atoms with Crippen LogP contribution >= 0.6 is 0 Å². The molecule has 0 bridgehead atoms. The van der Waals surface area contributed by atoms with E-state index < -0.39 is 22.2 Å². The molecule has 3 unspecified atom stereocenters. The number of rotatable bonds is 5. The molecule has 2 rings (SSSR count). The zero-order valence-corrected chi connectivity index (χ0v) is 13.5. The summed E-state index contributed by atoms with van der Waals surface area (Å²) < 4.78 is 34.0. The first kappa shape index (κ1) is 16.7. The largest absolute Gasteiger partial charge is 0.465 e. The molecule has 0 aromatic rings. The summed E-state index contributed by atoms with van der Waals surface area (Å²) in [4.78, 5) is 11.9. The number of hydrogen-bond donors (Lipinski definition) is 2. The lowest BCUT2D eigenvalue weighted by molar-refractivity contribution is -0.146. The third-order valence-electron chi connectivity index (χ3n) is 4.01. The number of nitrogens with one attached hydrogen (secondary N) is 2. The van der Waals surface area contributed by atoms with Crippen molar-refractivity contribution < 1.29 is 17.9 Å². The van der Waals surface area contributed by atoms with Crippen molar-refractivity contribution in [3.63, 3.8) is 0 Å². The minimum atomic E-state index is -3.64. The summed E-state index contributed by atoms with van der Waals surface area (Å²) in [5, 5.41) is 3.29. The smallest absolute Gasteiger partial charge is 0.324 e. The van der Waals surface area contributed by atoms with Gasteiger partial charge >= 0.3 is 5.97 Å². The summed E-state index contributed by atoms with van der Waals surface area (Å²) >= 11 is 0. The summed E-state index contributed by atoms with van der Waals surface area (Å²) in [5.74, 6) is -0.445. The van der Waals surface area contributed by atoms with Gasteiger partial charge in [0.15, 0.2) is 0 Å². The van der Waals surface area contributed by atoms with Crippen LogP contribution in [0.3, 0.4) is 0 Å². The van der Waals surface area contributed by atoms with Crippen LogP contribution in [0.15, 0.2) is 0 Å². The van der Waals surface area contributed by atoms with Gasteiger partial charge in [-0.2, -0.15) is 17.4 Å². The predicted octanol–water partition coefficient (Wildman–Crippen LogP) is -0.0112. The first-order valence-corrected chi connectivity index (χ1v) is 9.07. The average molecular weight is 319 g/mol.